The lowest BCUT2D eigenvalue weighted by Gasteiger charge is -2.13. The van der Waals surface area contributed by atoms with E-state index in [0.717, 1.165) is 12.2 Å². The molecule has 0 bridgehead atoms. The largest absolute Gasteiger partial charge is 0.346 e. The van der Waals surface area contributed by atoms with Gasteiger partial charge in [-0.1, -0.05) is 13.8 Å². The van der Waals surface area contributed by atoms with E-state index in [9.17, 15) is 4.39 Å². The van der Waals surface area contributed by atoms with Crippen LogP contribution in [0.2, 0.25) is 0 Å². The van der Waals surface area contributed by atoms with Crippen molar-refractivity contribution in [2.75, 3.05) is 0 Å². The normalized spacial score (nSPS) is 10.8. The molecule has 0 spiro atoms. The van der Waals surface area contributed by atoms with Crippen LogP contribution in [0, 0.1) is 17.1 Å². The molecule has 0 atom stereocenters. The highest BCUT2D eigenvalue weighted by Crippen LogP contribution is 2.14. The maximum absolute atomic E-state index is 13.3. The summed E-state index contributed by atoms with van der Waals surface area (Å²) in [6, 6.07) is 10.8. The summed E-state index contributed by atoms with van der Waals surface area (Å²) in [5, 5.41) is 12.4. The summed E-state index contributed by atoms with van der Waals surface area (Å²) in [7, 11) is 0. The van der Waals surface area contributed by atoms with Crippen molar-refractivity contribution in [1.29, 1.82) is 5.26 Å². The van der Waals surface area contributed by atoms with Gasteiger partial charge < -0.3 is 9.88 Å². The number of rotatable bonds is 5. The van der Waals surface area contributed by atoms with Gasteiger partial charge >= 0.3 is 0 Å². The van der Waals surface area contributed by atoms with Gasteiger partial charge in [-0.15, -0.1) is 0 Å². The Labute approximate surface area is 118 Å². The van der Waals surface area contributed by atoms with Crippen molar-refractivity contribution in [1.82, 2.24) is 9.88 Å². The number of nitrogens with one attached hydrogen (secondary N) is 1. The summed E-state index contributed by atoms with van der Waals surface area (Å²) >= 11 is 0. The number of nitrogens with zero attached hydrogens (tertiary/aromatic N) is 2. The Bertz CT molecular complexity index is 623. The van der Waals surface area contributed by atoms with Crippen LogP contribution in [-0.4, -0.2) is 10.6 Å². The van der Waals surface area contributed by atoms with E-state index in [1.807, 2.05) is 22.9 Å². The number of halogens is 1. The van der Waals surface area contributed by atoms with E-state index in [1.165, 1.54) is 18.2 Å². The minimum atomic E-state index is -0.312. The highest BCUT2D eigenvalue weighted by Gasteiger charge is 2.07. The molecule has 0 saturated heterocycles. The summed E-state index contributed by atoms with van der Waals surface area (Å²) in [5.74, 6) is -0.312. The van der Waals surface area contributed by atoms with E-state index < -0.39 is 0 Å². The summed E-state index contributed by atoms with van der Waals surface area (Å²) in [6.45, 7) is 5.44. The second-order valence-electron chi connectivity index (χ2n) is 5.08. The third-order valence-electron chi connectivity index (χ3n) is 3.14. The molecule has 1 heterocycles. The molecule has 0 aliphatic rings. The topological polar surface area (TPSA) is 40.8 Å². The lowest BCUT2D eigenvalue weighted by molar-refractivity contribution is 0.563. The van der Waals surface area contributed by atoms with Crippen molar-refractivity contribution in [2.45, 2.75) is 33.0 Å². The fourth-order valence-electron chi connectivity index (χ4n) is 2.06. The van der Waals surface area contributed by atoms with E-state index in [4.69, 9.17) is 5.26 Å². The van der Waals surface area contributed by atoms with Gasteiger partial charge in [0.1, 0.15) is 5.82 Å². The second kappa shape index (κ2) is 6.36. The van der Waals surface area contributed by atoms with E-state index in [2.05, 4.69) is 25.2 Å². The maximum atomic E-state index is 13.3. The first-order chi connectivity index (χ1) is 9.60. The Hall–Kier alpha value is -2.12. The molecule has 1 N–H and O–H groups in total. The van der Waals surface area contributed by atoms with E-state index in [-0.39, 0.29) is 5.82 Å². The van der Waals surface area contributed by atoms with Crippen molar-refractivity contribution in [3.63, 3.8) is 0 Å². The van der Waals surface area contributed by atoms with Gasteiger partial charge in [-0.05, 0) is 35.9 Å². The quantitative estimate of drug-likeness (QED) is 0.908. The zero-order valence-electron chi connectivity index (χ0n) is 11.7. The number of aromatic nitrogens is 1. The number of hydrogen-bond acceptors (Lipinski definition) is 2. The Morgan fingerprint density at radius 3 is 2.85 bits per heavy atom. The minimum absolute atomic E-state index is 0.312. The maximum Gasteiger partial charge on any atom is 0.123 e. The van der Waals surface area contributed by atoms with Gasteiger partial charge in [-0.3, -0.25) is 0 Å². The zero-order chi connectivity index (χ0) is 14.5. The molecule has 2 aromatic rings. The summed E-state index contributed by atoms with van der Waals surface area (Å²) < 4.78 is 15.4. The first kappa shape index (κ1) is 14.3. The molecule has 0 saturated carbocycles. The van der Waals surface area contributed by atoms with Crippen LogP contribution in [0.3, 0.4) is 0 Å². The van der Waals surface area contributed by atoms with Crippen LogP contribution in [0.1, 0.15) is 30.7 Å². The highest BCUT2D eigenvalue weighted by atomic mass is 19.1. The molecule has 3 nitrogen and oxygen atoms in total. The molecule has 1 aromatic carbocycles. The molecule has 0 amide bonds. The van der Waals surface area contributed by atoms with Crippen LogP contribution in [0.5, 0.6) is 0 Å². The smallest absolute Gasteiger partial charge is 0.123 e. The molecule has 0 aliphatic heterocycles. The van der Waals surface area contributed by atoms with Crippen molar-refractivity contribution in [2.24, 2.45) is 0 Å². The second-order valence-corrected chi connectivity index (χ2v) is 5.08. The number of benzene rings is 1. The SMILES string of the molecule is CC(C)NCc1cccn1Cc1cc(F)ccc1C#N. The van der Waals surface area contributed by atoms with Gasteiger partial charge in [0, 0.05) is 31.0 Å². The molecule has 0 unspecified atom stereocenters. The zero-order valence-corrected chi connectivity index (χ0v) is 11.7. The van der Waals surface area contributed by atoms with Crippen LogP contribution in [-0.2, 0) is 13.1 Å². The first-order valence-electron chi connectivity index (χ1n) is 6.66. The lowest BCUT2D eigenvalue weighted by Crippen LogP contribution is -2.23. The van der Waals surface area contributed by atoms with Gasteiger partial charge in [-0.25, -0.2) is 4.39 Å². The van der Waals surface area contributed by atoms with Crippen LogP contribution < -0.4 is 5.32 Å². The Morgan fingerprint density at radius 2 is 2.15 bits per heavy atom. The van der Waals surface area contributed by atoms with Crippen LogP contribution in [0.15, 0.2) is 36.5 Å². The van der Waals surface area contributed by atoms with Crippen molar-refractivity contribution < 1.29 is 4.39 Å². The van der Waals surface area contributed by atoms with Gasteiger partial charge in [0.05, 0.1) is 11.6 Å². The van der Waals surface area contributed by atoms with Crippen molar-refractivity contribution in [3.05, 3.63) is 59.2 Å². The lowest BCUT2D eigenvalue weighted by atomic mass is 10.1. The minimum Gasteiger partial charge on any atom is -0.346 e. The predicted molar refractivity (Wildman–Crippen MR) is 76.6 cm³/mol. The molecule has 1 aromatic heterocycles. The first-order valence-corrected chi connectivity index (χ1v) is 6.66. The predicted octanol–water partition coefficient (Wildman–Crippen LogP) is 3.05. The van der Waals surface area contributed by atoms with Crippen molar-refractivity contribution >= 4 is 0 Å². The molecular weight excluding hydrogens is 253 g/mol. The molecule has 20 heavy (non-hydrogen) atoms. The summed E-state index contributed by atoms with van der Waals surface area (Å²) in [5.41, 5.74) is 2.34. The van der Waals surface area contributed by atoms with Crippen LogP contribution in [0.25, 0.3) is 0 Å². The standard InChI is InChI=1S/C16H18FN3/c1-12(2)19-10-16-4-3-7-20(16)11-14-8-15(17)6-5-13(14)9-18/h3-8,12,19H,10-11H2,1-2H3. The third kappa shape index (κ3) is 3.46. The average molecular weight is 271 g/mol. The van der Waals surface area contributed by atoms with Crippen molar-refractivity contribution in [3.8, 4) is 6.07 Å². The molecule has 0 fully saturated rings. The summed E-state index contributed by atoms with van der Waals surface area (Å²) in [4.78, 5) is 0. The Kier molecular flexibility index (Phi) is 4.54. The van der Waals surface area contributed by atoms with Gasteiger partial charge in [0.15, 0.2) is 0 Å². The molecule has 0 radical (unpaired) electrons. The highest BCUT2D eigenvalue weighted by molar-refractivity contribution is 5.38. The summed E-state index contributed by atoms with van der Waals surface area (Å²) in [6.07, 6.45) is 1.95. The van der Waals surface area contributed by atoms with E-state index >= 15 is 0 Å². The fourth-order valence-corrected chi connectivity index (χ4v) is 2.06. The van der Waals surface area contributed by atoms with Gasteiger partial charge in [0.2, 0.25) is 0 Å². The Balaban J connectivity index is 2.21. The molecule has 104 valence electrons. The fraction of sp³-hybridized carbons (Fsp3) is 0.312. The number of nitriles is 1. The van der Waals surface area contributed by atoms with Crippen LogP contribution >= 0.6 is 0 Å². The monoisotopic (exact) mass is 271 g/mol. The molecule has 4 heteroatoms. The van der Waals surface area contributed by atoms with Gasteiger partial charge in [-0.2, -0.15) is 5.26 Å². The number of hydrogen-bond donors (Lipinski definition) is 1. The molecular formula is C16H18FN3. The van der Waals surface area contributed by atoms with Gasteiger partial charge in [0.25, 0.3) is 0 Å². The Morgan fingerprint density at radius 1 is 1.35 bits per heavy atom. The van der Waals surface area contributed by atoms with Crippen LogP contribution in [0.4, 0.5) is 4.39 Å². The molecule has 0 aliphatic carbocycles. The third-order valence-corrected chi connectivity index (χ3v) is 3.14. The molecule has 2 rings (SSSR count). The van der Waals surface area contributed by atoms with E-state index in [1.54, 1.807) is 0 Å². The average Bonchev–Trinajstić information content (AvgIpc) is 2.84. The van der Waals surface area contributed by atoms with E-state index in [0.29, 0.717) is 23.7 Å².